The number of carbonyl (C=O) groups excluding carboxylic acids is 1. The highest BCUT2D eigenvalue weighted by atomic mass is 16.5. The molecule has 0 unspecified atom stereocenters. The van der Waals surface area contributed by atoms with E-state index in [2.05, 4.69) is 18.4 Å². The van der Waals surface area contributed by atoms with E-state index >= 15 is 0 Å². The Kier molecular flexibility index (Phi) is 6.28. The fourth-order valence-corrected chi connectivity index (χ4v) is 1.28. The zero-order valence-corrected chi connectivity index (χ0v) is 9.82. The number of hydrogen-bond acceptors (Lipinski definition) is 2. The molecule has 0 fully saturated rings. The lowest BCUT2D eigenvalue weighted by molar-refractivity contribution is 0.0499. The molecular formula is C15H16O2. The van der Waals surface area contributed by atoms with Crippen LogP contribution in [0, 0.1) is 11.8 Å². The van der Waals surface area contributed by atoms with Crippen LogP contribution in [0.2, 0.25) is 0 Å². The van der Waals surface area contributed by atoms with Crippen LogP contribution in [0.3, 0.4) is 0 Å². The van der Waals surface area contributed by atoms with Crippen LogP contribution in [0.25, 0.3) is 0 Å². The topological polar surface area (TPSA) is 26.3 Å². The van der Waals surface area contributed by atoms with Crippen molar-refractivity contribution in [3.63, 3.8) is 0 Å². The van der Waals surface area contributed by atoms with E-state index < -0.39 is 0 Å². The molecule has 0 aliphatic carbocycles. The third-order valence-corrected chi connectivity index (χ3v) is 2.14. The molecule has 0 N–H and O–H groups in total. The fraction of sp³-hybridized carbons (Fsp3) is 0.267. The van der Waals surface area contributed by atoms with Gasteiger partial charge in [0.2, 0.25) is 0 Å². The highest BCUT2D eigenvalue weighted by Crippen LogP contribution is 2.02. The predicted octanol–water partition coefficient (Wildman–Crippen LogP) is 3.20. The van der Waals surface area contributed by atoms with Gasteiger partial charge in [-0.1, -0.05) is 36.6 Å². The zero-order valence-electron chi connectivity index (χ0n) is 9.82. The van der Waals surface area contributed by atoms with Crippen LogP contribution in [0.5, 0.6) is 0 Å². The first kappa shape index (κ1) is 13.1. The molecule has 0 amide bonds. The van der Waals surface area contributed by atoms with Gasteiger partial charge in [0.25, 0.3) is 0 Å². The number of esters is 1. The van der Waals surface area contributed by atoms with Crippen LogP contribution in [-0.4, -0.2) is 12.6 Å². The SMILES string of the molecule is C=CC#CCCCCOC(=O)c1ccccc1. The van der Waals surface area contributed by atoms with Crippen molar-refractivity contribution in [1.82, 2.24) is 0 Å². The molecule has 0 heterocycles. The summed E-state index contributed by atoms with van der Waals surface area (Å²) in [6.45, 7) is 3.96. The molecule has 0 saturated carbocycles. The lowest BCUT2D eigenvalue weighted by Crippen LogP contribution is -2.05. The summed E-state index contributed by atoms with van der Waals surface area (Å²) < 4.78 is 5.13. The maximum Gasteiger partial charge on any atom is 0.338 e. The molecule has 0 bridgehead atoms. The van der Waals surface area contributed by atoms with Crippen LogP contribution in [0.15, 0.2) is 43.0 Å². The lowest BCUT2D eigenvalue weighted by atomic mass is 10.2. The van der Waals surface area contributed by atoms with Gasteiger partial charge in [0.1, 0.15) is 0 Å². The van der Waals surface area contributed by atoms with Gasteiger partial charge in [-0.15, -0.1) is 0 Å². The Morgan fingerprint density at radius 3 is 2.76 bits per heavy atom. The molecule has 0 atom stereocenters. The largest absolute Gasteiger partial charge is 0.462 e. The fourth-order valence-electron chi connectivity index (χ4n) is 1.28. The summed E-state index contributed by atoms with van der Waals surface area (Å²) in [5.74, 6) is 5.46. The molecule has 88 valence electrons. The molecule has 1 rings (SSSR count). The van der Waals surface area contributed by atoms with E-state index in [1.807, 2.05) is 18.2 Å². The molecule has 0 aliphatic rings. The van der Waals surface area contributed by atoms with Crippen molar-refractivity contribution in [3.8, 4) is 11.8 Å². The van der Waals surface area contributed by atoms with Crippen molar-refractivity contribution in [2.45, 2.75) is 19.3 Å². The molecular weight excluding hydrogens is 212 g/mol. The molecule has 2 nitrogen and oxygen atoms in total. The highest BCUT2D eigenvalue weighted by molar-refractivity contribution is 5.89. The van der Waals surface area contributed by atoms with E-state index in [0.29, 0.717) is 12.2 Å². The van der Waals surface area contributed by atoms with E-state index in [9.17, 15) is 4.79 Å². The molecule has 1 aromatic rings. The van der Waals surface area contributed by atoms with Crippen LogP contribution in [0.4, 0.5) is 0 Å². The molecule has 2 heteroatoms. The van der Waals surface area contributed by atoms with Gasteiger partial charge >= 0.3 is 5.97 Å². The van der Waals surface area contributed by atoms with Gasteiger partial charge in [0.15, 0.2) is 0 Å². The molecule has 0 aromatic heterocycles. The summed E-state index contributed by atoms with van der Waals surface area (Å²) in [5, 5.41) is 0. The summed E-state index contributed by atoms with van der Waals surface area (Å²) in [4.78, 5) is 11.5. The number of benzene rings is 1. The molecule has 0 radical (unpaired) electrons. The van der Waals surface area contributed by atoms with Crippen molar-refractivity contribution in [3.05, 3.63) is 48.6 Å². The Morgan fingerprint density at radius 1 is 1.29 bits per heavy atom. The Labute approximate surface area is 102 Å². The Hall–Kier alpha value is -2.01. The average molecular weight is 228 g/mol. The minimum absolute atomic E-state index is 0.261. The zero-order chi connectivity index (χ0) is 12.3. The second kappa shape index (κ2) is 8.18. The monoisotopic (exact) mass is 228 g/mol. The van der Waals surface area contributed by atoms with Crippen molar-refractivity contribution < 1.29 is 9.53 Å². The Balaban J connectivity index is 2.15. The number of carbonyl (C=O) groups is 1. The molecule has 17 heavy (non-hydrogen) atoms. The van der Waals surface area contributed by atoms with E-state index in [4.69, 9.17) is 4.74 Å². The van der Waals surface area contributed by atoms with Crippen molar-refractivity contribution in [1.29, 1.82) is 0 Å². The van der Waals surface area contributed by atoms with Gasteiger partial charge in [0.05, 0.1) is 12.2 Å². The maximum absolute atomic E-state index is 11.5. The van der Waals surface area contributed by atoms with E-state index in [0.717, 1.165) is 19.3 Å². The highest BCUT2D eigenvalue weighted by Gasteiger charge is 2.04. The lowest BCUT2D eigenvalue weighted by Gasteiger charge is -2.03. The Morgan fingerprint density at radius 2 is 2.06 bits per heavy atom. The molecule has 1 aromatic carbocycles. The second-order valence-corrected chi connectivity index (χ2v) is 3.48. The smallest absolute Gasteiger partial charge is 0.338 e. The summed E-state index contributed by atoms with van der Waals surface area (Å²) in [7, 11) is 0. The quantitative estimate of drug-likeness (QED) is 0.439. The second-order valence-electron chi connectivity index (χ2n) is 3.48. The molecule has 0 saturated heterocycles. The third-order valence-electron chi connectivity index (χ3n) is 2.14. The first-order valence-electron chi connectivity index (χ1n) is 5.66. The van der Waals surface area contributed by atoms with Gasteiger partial charge in [-0.25, -0.2) is 4.79 Å². The van der Waals surface area contributed by atoms with E-state index in [-0.39, 0.29) is 5.97 Å². The van der Waals surface area contributed by atoms with Gasteiger partial charge in [-0.05, 0) is 31.1 Å². The van der Waals surface area contributed by atoms with Crippen LogP contribution in [-0.2, 0) is 4.74 Å². The van der Waals surface area contributed by atoms with Crippen molar-refractivity contribution in [2.75, 3.05) is 6.61 Å². The number of hydrogen-bond donors (Lipinski definition) is 0. The summed E-state index contributed by atoms with van der Waals surface area (Å²) in [6.07, 6.45) is 4.16. The summed E-state index contributed by atoms with van der Waals surface area (Å²) >= 11 is 0. The van der Waals surface area contributed by atoms with E-state index in [1.165, 1.54) is 0 Å². The number of rotatable bonds is 5. The Bertz CT molecular complexity index is 410. The van der Waals surface area contributed by atoms with Gasteiger partial charge in [-0.3, -0.25) is 0 Å². The summed E-state index contributed by atoms with van der Waals surface area (Å²) in [5.41, 5.74) is 0.596. The number of allylic oxidation sites excluding steroid dienone is 1. The molecule has 0 spiro atoms. The van der Waals surface area contributed by atoms with Crippen LogP contribution < -0.4 is 0 Å². The minimum Gasteiger partial charge on any atom is -0.462 e. The van der Waals surface area contributed by atoms with Crippen molar-refractivity contribution in [2.24, 2.45) is 0 Å². The van der Waals surface area contributed by atoms with Crippen LogP contribution in [0.1, 0.15) is 29.6 Å². The standard InChI is InChI=1S/C15H16O2/c1-2-3-4-5-6-10-13-17-15(16)14-11-8-7-9-12-14/h2,7-9,11-12H,1,5-6,10,13H2. The average Bonchev–Trinajstić information content (AvgIpc) is 2.38. The normalized spacial score (nSPS) is 8.94. The molecule has 0 aliphatic heterocycles. The van der Waals surface area contributed by atoms with Gasteiger partial charge in [0, 0.05) is 6.42 Å². The van der Waals surface area contributed by atoms with E-state index in [1.54, 1.807) is 18.2 Å². The third kappa shape index (κ3) is 5.58. The number of ether oxygens (including phenoxy) is 1. The van der Waals surface area contributed by atoms with Crippen molar-refractivity contribution >= 4 is 5.97 Å². The maximum atomic E-state index is 11.5. The van der Waals surface area contributed by atoms with Gasteiger partial charge < -0.3 is 4.74 Å². The first-order chi connectivity index (χ1) is 8.34. The minimum atomic E-state index is -0.261. The first-order valence-corrected chi connectivity index (χ1v) is 5.66. The van der Waals surface area contributed by atoms with Crippen LogP contribution >= 0.6 is 0 Å². The predicted molar refractivity (Wildman–Crippen MR) is 68.5 cm³/mol. The summed E-state index contributed by atoms with van der Waals surface area (Å²) in [6, 6.07) is 9.01. The number of unbranched alkanes of at least 4 members (excludes halogenated alkanes) is 2. The van der Waals surface area contributed by atoms with Gasteiger partial charge in [-0.2, -0.15) is 0 Å².